The van der Waals surface area contributed by atoms with Crippen molar-refractivity contribution in [1.29, 1.82) is 0 Å². The minimum atomic E-state index is -0.891. The van der Waals surface area contributed by atoms with Crippen LogP contribution in [0.5, 0.6) is 17.4 Å². The first kappa shape index (κ1) is 19.9. The van der Waals surface area contributed by atoms with Gasteiger partial charge in [-0.25, -0.2) is 0 Å². The number of benzene rings is 2. The van der Waals surface area contributed by atoms with E-state index in [1.54, 1.807) is 12.1 Å². The van der Waals surface area contributed by atoms with Crippen molar-refractivity contribution in [2.24, 2.45) is 0 Å². The Morgan fingerprint density at radius 3 is 2.77 bits per heavy atom. The summed E-state index contributed by atoms with van der Waals surface area (Å²) in [6.45, 7) is 3.58. The number of carbonyl (C=O) groups excluding carboxylic acids is 1. The van der Waals surface area contributed by atoms with Gasteiger partial charge in [0.2, 0.25) is 30.0 Å². The summed E-state index contributed by atoms with van der Waals surface area (Å²) in [6, 6.07) is 10.8. The summed E-state index contributed by atoms with van der Waals surface area (Å²) >= 11 is 8.05. The molecule has 1 amide bonds. The Labute approximate surface area is 187 Å². The van der Waals surface area contributed by atoms with Crippen LogP contribution in [-0.4, -0.2) is 33.6 Å². The molecule has 31 heavy (non-hydrogen) atoms. The van der Waals surface area contributed by atoms with Gasteiger partial charge in [-0.15, -0.1) is 10.2 Å². The second kappa shape index (κ2) is 7.90. The number of ether oxygens (including phenoxy) is 3. The van der Waals surface area contributed by atoms with Gasteiger partial charge >= 0.3 is 0 Å². The van der Waals surface area contributed by atoms with E-state index in [1.807, 2.05) is 31.2 Å². The van der Waals surface area contributed by atoms with E-state index < -0.39 is 6.23 Å². The van der Waals surface area contributed by atoms with E-state index >= 15 is 0 Å². The molecule has 0 saturated heterocycles. The second-order valence-corrected chi connectivity index (χ2v) is 8.42. The number of fused-ring (bicyclic) bond motifs is 4. The van der Waals surface area contributed by atoms with Crippen LogP contribution in [0.1, 0.15) is 25.6 Å². The quantitative estimate of drug-likeness (QED) is 0.533. The highest BCUT2D eigenvalue weighted by Crippen LogP contribution is 2.46. The number of hydrogen-bond donors (Lipinski definition) is 0. The van der Waals surface area contributed by atoms with Crippen molar-refractivity contribution in [2.45, 2.75) is 25.2 Å². The molecule has 1 aromatic heterocycles. The fourth-order valence-electron chi connectivity index (χ4n) is 3.57. The van der Waals surface area contributed by atoms with Crippen LogP contribution in [0.3, 0.4) is 0 Å². The highest BCUT2D eigenvalue weighted by Gasteiger charge is 2.36. The van der Waals surface area contributed by atoms with Crippen LogP contribution >= 0.6 is 23.4 Å². The molecule has 0 radical (unpaired) electrons. The number of amides is 1. The summed E-state index contributed by atoms with van der Waals surface area (Å²) in [7, 11) is 0. The Kier molecular flexibility index (Phi) is 5.07. The fraction of sp³-hybridized carbons (Fsp3) is 0.238. The monoisotopic (exact) mass is 456 g/mol. The lowest BCUT2D eigenvalue weighted by atomic mass is 10.1. The van der Waals surface area contributed by atoms with Crippen molar-refractivity contribution in [1.82, 2.24) is 15.2 Å². The molecule has 158 valence electrons. The molecule has 2 aliphatic rings. The van der Waals surface area contributed by atoms with Crippen molar-refractivity contribution in [3.8, 4) is 28.6 Å². The third-order valence-corrected chi connectivity index (χ3v) is 5.93. The molecule has 0 unspecified atom stereocenters. The van der Waals surface area contributed by atoms with Crippen LogP contribution in [0.15, 0.2) is 41.6 Å². The van der Waals surface area contributed by atoms with Crippen molar-refractivity contribution >= 4 is 35.0 Å². The number of rotatable bonds is 3. The lowest BCUT2D eigenvalue weighted by Gasteiger charge is -2.30. The molecule has 0 aliphatic carbocycles. The molecule has 0 bridgehead atoms. The molecule has 0 spiro atoms. The molecule has 2 aromatic carbocycles. The maximum Gasteiger partial charge on any atom is 0.247 e. The van der Waals surface area contributed by atoms with Gasteiger partial charge in [0.05, 0.1) is 10.7 Å². The number of halogens is 1. The van der Waals surface area contributed by atoms with Crippen molar-refractivity contribution in [3.63, 3.8) is 0 Å². The highest BCUT2D eigenvalue weighted by molar-refractivity contribution is 7.99. The van der Waals surface area contributed by atoms with E-state index in [9.17, 15) is 4.79 Å². The molecule has 2 aliphatic heterocycles. The van der Waals surface area contributed by atoms with Gasteiger partial charge < -0.3 is 14.2 Å². The summed E-state index contributed by atoms with van der Waals surface area (Å²) < 4.78 is 17.3. The largest absolute Gasteiger partial charge is 0.454 e. The van der Waals surface area contributed by atoms with Gasteiger partial charge in [-0.2, -0.15) is 4.98 Å². The molecule has 10 heteroatoms. The Morgan fingerprint density at radius 1 is 1.23 bits per heavy atom. The molecule has 3 aromatic rings. The number of anilines is 1. The van der Waals surface area contributed by atoms with Crippen LogP contribution in [0.2, 0.25) is 5.02 Å². The number of aromatic nitrogens is 3. The highest BCUT2D eigenvalue weighted by atomic mass is 35.5. The number of thioether (sulfide) groups is 1. The van der Waals surface area contributed by atoms with E-state index in [0.29, 0.717) is 44.2 Å². The van der Waals surface area contributed by atoms with Crippen LogP contribution in [-0.2, 0) is 4.79 Å². The summed E-state index contributed by atoms with van der Waals surface area (Å²) in [5, 5.41) is 9.45. The number of para-hydroxylation sites is 1. The lowest BCUT2D eigenvalue weighted by Crippen LogP contribution is -2.36. The first-order valence-corrected chi connectivity index (χ1v) is 11.0. The first-order chi connectivity index (χ1) is 15.1. The van der Waals surface area contributed by atoms with Gasteiger partial charge in [0.15, 0.2) is 17.2 Å². The maximum absolute atomic E-state index is 12.8. The Morgan fingerprint density at radius 2 is 2.00 bits per heavy atom. The van der Waals surface area contributed by atoms with E-state index in [-0.39, 0.29) is 18.6 Å². The zero-order valence-corrected chi connectivity index (χ0v) is 18.2. The lowest BCUT2D eigenvalue weighted by molar-refractivity contribution is -0.118. The van der Waals surface area contributed by atoms with Gasteiger partial charge in [0.25, 0.3) is 0 Å². The van der Waals surface area contributed by atoms with E-state index in [0.717, 1.165) is 5.75 Å². The third kappa shape index (κ3) is 3.43. The molecule has 0 fully saturated rings. The minimum Gasteiger partial charge on any atom is -0.454 e. The number of nitrogens with zero attached hydrogens (tertiary/aromatic N) is 4. The fourth-order valence-corrected chi connectivity index (χ4v) is 4.32. The summed E-state index contributed by atoms with van der Waals surface area (Å²) in [6.07, 6.45) is -0.891. The van der Waals surface area contributed by atoms with E-state index in [2.05, 4.69) is 15.2 Å². The number of carbonyl (C=O) groups is 1. The number of hydrogen-bond acceptors (Lipinski definition) is 8. The zero-order chi connectivity index (χ0) is 21.5. The van der Waals surface area contributed by atoms with Crippen molar-refractivity contribution in [2.75, 3.05) is 17.4 Å². The van der Waals surface area contributed by atoms with Gasteiger partial charge in [-0.1, -0.05) is 48.5 Å². The van der Waals surface area contributed by atoms with Crippen LogP contribution < -0.4 is 19.1 Å². The minimum absolute atomic E-state index is 0.109. The molecule has 1 atom stereocenters. The van der Waals surface area contributed by atoms with Crippen LogP contribution in [0.4, 0.5) is 5.69 Å². The predicted octanol–water partition coefficient (Wildman–Crippen LogP) is 4.48. The van der Waals surface area contributed by atoms with Gasteiger partial charge in [-0.3, -0.25) is 9.69 Å². The Balaban J connectivity index is 1.73. The standard InChI is InChI=1S/C21H17ClN4O4S/c1-3-31-21-23-19-18(24-25-21)12-6-4-5-7-15(12)26(11(2)27)20(30-19)13-8-16-17(9-14(13)22)29-10-28-16/h4-9,20H,3,10H2,1-2H3/t20-/m1/s1. The van der Waals surface area contributed by atoms with Crippen molar-refractivity contribution < 1.29 is 19.0 Å². The SMILES string of the molecule is CCSc1nnc2c(n1)O[C@H](c1cc3c(cc1Cl)OCO3)N(C(C)=O)c1ccccc1-2. The summed E-state index contributed by atoms with van der Waals surface area (Å²) in [4.78, 5) is 19.0. The molecule has 8 nitrogen and oxygen atoms in total. The molecule has 0 N–H and O–H groups in total. The first-order valence-electron chi connectivity index (χ1n) is 9.59. The molecule has 3 heterocycles. The zero-order valence-electron chi connectivity index (χ0n) is 16.7. The Bertz CT molecular complexity index is 1190. The van der Waals surface area contributed by atoms with E-state index in [1.165, 1.54) is 23.6 Å². The maximum atomic E-state index is 12.8. The molecule has 0 saturated carbocycles. The average Bonchev–Trinajstić information content (AvgIpc) is 3.14. The molecule has 5 rings (SSSR count). The van der Waals surface area contributed by atoms with E-state index in [4.69, 9.17) is 25.8 Å². The predicted molar refractivity (Wildman–Crippen MR) is 116 cm³/mol. The van der Waals surface area contributed by atoms with Crippen LogP contribution in [0, 0.1) is 0 Å². The van der Waals surface area contributed by atoms with Gasteiger partial charge in [0.1, 0.15) is 0 Å². The smallest absolute Gasteiger partial charge is 0.247 e. The normalized spacial score (nSPS) is 16.2. The Hall–Kier alpha value is -3.04. The molecular formula is C21H17ClN4O4S. The summed E-state index contributed by atoms with van der Waals surface area (Å²) in [5.41, 5.74) is 2.33. The van der Waals surface area contributed by atoms with Crippen LogP contribution in [0.25, 0.3) is 11.3 Å². The second-order valence-electron chi connectivity index (χ2n) is 6.78. The van der Waals surface area contributed by atoms with Gasteiger partial charge in [-0.05, 0) is 17.9 Å². The van der Waals surface area contributed by atoms with Gasteiger partial charge in [0, 0.05) is 24.1 Å². The third-order valence-electron chi connectivity index (χ3n) is 4.88. The topological polar surface area (TPSA) is 86.7 Å². The molecular weight excluding hydrogens is 440 g/mol. The van der Waals surface area contributed by atoms with Crippen molar-refractivity contribution in [3.05, 3.63) is 47.0 Å². The summed E-state index contributed by atoms with van der Waals surface area (Å²) in [5.74, 6) is 1.92. The average molecular weight is 457 g/mol.